The molecule has 0 unspecified atom stereocenters. The van der Waals surface area contributed by atoms with Gasteiger partial charge < -0.3 is 19.3 Å². The predicted octanol–water partition coefficient (Wildman–Crippen LogP) is 3.75. The number of hydrogen-bond acceptors (Lipinski definition) is 4. The third-order valence-corrected chi connectivity index (χ3v) is 5.96. The molecule has 0 radical (unpaired) electrons. The third kappa shape index (κ3) is 4.79. The summed E-state index contributed by atoms with van der Waals surface area (Å²) in [7, 11) is 0. The standard InChI is InChI=1S/C19H34N2O4/c1-15(2)19(16(3)4,13-24-17(22)20-9-5-6-10-20)14-25-18(23)21-11-7-8-12-21/h15-16H,5-14H2,1-4H3. The summed E-state index contributed by atoms with van der Waals surface area (Å²) in [6.07, 6.45) is 3.69. The van der Waals surface area contributed by atoms with Gasteiger partial charge in [-0.15, -0.1) is 0 Å². The van der Waals surface area contributed by atoms with Crippen LogP contribution in [0, 0.1) is 17.3 Å². The van der Waals surface area contributed by atoms with Crippen LogP contribution in [0.15, 0.2) is 0 Å². The van der Waals surface area contributed by atoms with Crippen molar-refractivity contribution in [2.24, 2.45) is 17.3 Å². The van der Waals surface area contributed by atoms with Crippen molar-refractivity contribution in [2.75, 3.05) is 39.4 Å². The van der Waals surface area contributed by atoms with Crippen LogP contribution in [0.2, 0.25) is 0 Å². The molecule has 0 saturated carbocycles. The van der Waals surface area contributed by atoms with E-state index < -0.39 is 0 Å². The zero-order valence-electron chi connectivity index (χ0n) is 16.3. The Balaban J connectivity index is 1.97. The molecule has 2 saturated heterocycles. The Morgan fingerprint density at radius 1 is 0.760 bits per heavy atom. The third-order valence-electron chi connectivity index (χ3n) is 5.96. The molecule has 6 nitrogen and oxygen atoms in total. The van der Waals surface area contributed by atoms with E-state index in [2.05, 4.69) is 27.7 Å². The normalized spacial score (nSPS) is 18.3. The molecule has 2 amide bonds. The van der Waals surface area contributed by atoms with Crippen molar-refractivity contribution in [3.63, 3.8) is 0 Å². The molecule has 2 heterocycles. The van der Waals surface area contributed by atoms with Crippen LogP contribution in [0.4, 0.5) is 9.59 Å². The molecule has 0 aromatic heterocycles. The molecule has 0 N–H and O–H groups in total. The van der Waals surface area contributed by atoms with Gasteiger partial charge in [-0.05, 0) is 37.5 Å². The van der Waals surface area contributed by atoms with E-state index in [1.54, 1.807) is 9.80 Å². The lowest BCUT2D eigenvalue weighted by Gasteiger charge is -2.40. The summed E-state index contributed by atoms with van der Waals surface area (Å²) in [4.78, 5) is 28.1. The van der Waals surface area contributed by atoms with Gasteiger partial charge in [0.05, 0.1) is 0 Å². The first kappa shape index (κ1) is 19.9. The number of ether oxygens (including phenoxy) is 2. The minimum Gasteiger partial charge on any atom is -0.449 e. The van der Waals surface area contributed by atoms with Crippen molar-refractivity contribution in [1.29, 1.82) is 0 Å². The molecular weight excluding hydrogens is 320 g/mol. The highest BCUT2D eigenvalue weighted by Crippen LogP contribution is 2.37. The molecule has 2 aliphatic heterocycles. The van der Waals surface area contributed by atoms with E-state index in [0.717, 1.165) is 51.9 Å². The average molecular weight is 354 g/mol. The molecule has 0 bridgehead atoms. The SMILES string of the molecule is CC(C)C(COC(=O)N1CCCC1)(COC(=O)N1CCCC1)C(C)C. The van der Waals surface area contributed by atoms with Crippen LogP contribution in [-0.2, 0) is 9.47 Å². The lowest BCUT2D eigenvalue weighted by atomic mass is 9.70. The van der Waals surface area contributed by atoms with Crippen LogP contribution in [0.25, 0.3) is 0 Å². The highest BCUT2D eigenvalue weighted by molar-refractivity contribution is 5.68. The van der Waals surface area contributed by atoms with Gasteiger partial charge in [0.2, 0.25) is 0 Å². The summed E-state index contributed by atoms with van der Waals surface area (Å²) >= 11 is 0. The van der Waals surface area contributed by atoms with Crippen LogP contribution in [-0.4, -0.2) is 61.4 Å². The summed E-state index contributed by atoms with van der Waals surface area (Å²) in [5, 5.41) is 0. The van der Waals surface area contributed by atoms with Crippen molar-refractivity contribution in [3.8, 4) is 0 Å². The van der Waals surface area contributed by atoms with Crippen LogP contribution >= 0.6 is 0 Å². The van der Waals surface area contributed by atoms with Gasteiger partial charge in [0.15, 0.2) is 0 Å². The van der Waals surface area contributed by atoms with Crippen molar-refractivity contribution < 1.29 is 19.1 Å². The van der Waals surface area contributed by atoms with Crippen LogP contribution in [0.1, 0.15) is 53.4 Å². The average Bonchev–Trinajstić information content (AvgIpc) is 3.27. The molecule has 0 aromatic rings. The maximum atomic E-state index is 12.3. The van der Waals surface area contributed by atoms with Crippen LogP contribution in [0.5, 0.6) is 0 Å². The van der Waals surface area contributed by atoms with Crippen molar-refractivity contribution in [1.82, 2.24) is 9.80 Å². The Kier molecular flexibility index (Phi) is 6.96. The van der Waals surface area contributed by atoms with E-state index in [9.17, 15) is 9.59 Å². The number of nitrogens with zero attached hydrogens (tertiary/aromatic N) is 2. The fourth-order valence-electron chi connectivity index (χ4n) is 3.75. The van der Waals surface area contributed by atoms with E-state index in [-0.39, 0.29) is 42.7 Å². The maximum absolute atomic E-state index is 12.3. The molecule has 2 rings (SSSR count). The molecule has 0 spiro atoms. The maximum Gasteiger partial charge on any atom is 0.409 e. The van der Waals surface area contributed by atoms with Crippen LogP contribution in [0.3, 0.4) is 0 Å². The van der Waals surface area contributed by atoms with Gasteiger partial charge >= 0.3 is 12.2 Å². The molecule has 0 aromatic carbocycles. The van der Waals surface area contributed by atoms with Gasteiger partial charge in [0, 0.05) is 31.6 Å². The highest BCUT2D eigenvalue weighted by atomic mass is 16.6. The minimum absolute atomic E-state index is 0.227. The Labute approximate surface area is 151 Å². The topological polar surface area (TPSA) is 59.1 Å². The first-order valence-corrected chi connectivity index (χ1v) is 9.70. The van der Waals surface area contributed by atoms with E-state index in [1.165, 1.54) is 0 Å². The van der Waals surface area contributed by atoms with Gasteiger partial charge in [-0.3, -0.25) is 0 Å². The number of rotatable bonds is 6. The smallest absolute Gasteiger partial charge is 0.409 e. The second-order valence-electron chi connectivity index (χ2n) is 8.04. The van der Waals surface area contributed by atoms with E-state index >= 15 is 0 Å². The number of carbonyl (C=O) groups is 2. The predicted molar refractivity (Wildman–Crippen MR) is 96.4 cm³/mol. The summed E-state index contributed by atoms with van der Waals surface area (Å²) < 4.78 is 11.3. The Morgan fingerprint density at radius 3 is 1.36 bits per heavy atom. The van der Waals surface area contributed by atoms with E-state index in [1.807, 2.05) is 0 Å². The van der Waals surface area contributed by atoms with Gasteiger partial charge in [-0.25, -0.2) is 9.59 Å². The molecule has 0 atom stereocenters. The number of hydrogen-bond donors (Lipinski definition) is 0. The summed E-state index contributed by atoms with van der Waals surface area (Å²) in [6.45, 7) is 12.1. The van der Waals surface area contributed by atoms with E-state index in [4.69, 9.17) is 9.47 Å². The Bertz CT molecular complexity index is 410. The Morgan fingerprint density at radius 2 is 1.08 bits per heavy atom. The molecule has 144 valence electrons. The van der Waals surface area contributed by atoms with Gasteiger partial charge in [0.1, 0.15) is 13.2 Å². The first-order valence-electron chi connectivity index (χ1n) is 9.70. The summed E-state index contributed by atoms with van der Waals surface area (Å²) in [5.41, 5.74) is -0.370. The van der Waals surface area contributed by atoms with Crippen molar-refractivity contribution in [3.05, 3.63) is 0 Å². The fourth-order valence-corrected chi connectivity index (χ4v) is 3.75. The zero-order chi connectivity index (χ0) is 18.4. The van der Waals surface area contributed by atoms with Crippen molar-refractivity contribution >= 4 is 12.2 Å². The van der Waals surface area contributed by atoms with Crippen molar-refractivity contribution in [2.45, 2.75) is 53.4 Å². The highest BCUT2D eigenvalue weighted by Gasteiger charge is 2.41. The second kappa shape index (κ2) is 8.77. The number of carbonyl (C=O) groups excluding carboxylic acids is 2. The number of amides is 2. The molecule has 6 heteroatoms. The largest absolute Gasteiger partial charge is 0.449 e. The summed E-state index contributed by atoms with van der Waals surface area (Å²) in [6, 6.07) is 0. The first-order chi connectivity index (χ1) is 11.9. The molecule has 2 fully saturated rings. The monoisotopic (exact) mass is 354 g/mol. The zero-order valence-corrected chi connectivity index (χ0v) is 16.3. The van der Waals surface area contributed by atoms with Gasteiger partial charge in [-0.1, -0.05) is 27.7 Å². The van der Waals surface area contributed by atoms with Gasteiger partial charge in [-0.2, -0.15) is 0 Å². The second-order valence-corrected chi connectivity index (χ2v) is 8.04. The number of likely N-dealkylation sites (tertiary alicyclic amines) is 2. The summed E-state index contributed by atoms with van der Waals surface area (Å²) in [5.74, 6) is 0.454. The van der Waals surface area contributed by atoms with Gasteiger partial charge in [0.25, 0.3) is 0 Å². The van der Waals surface area contributed by atoms with E-state index in [0.29, 0.717) is 0 Å². The lowest BCUT2D eigenvalue weighted by molar-refractivity contribution is -0.0438. The molecule has 2 aliphatic rings. The lowest BCUT2D eigenvalue weighted by Crippen LogP contribution is -2.45. The quantitative estimate of drug-likeness (QED) is 0.729. The molecule has 0 aliphatic carbocycles. The molecule has 25 heavy (non-hydrogen) atoms. The Hall–Kier alpha value is -1.46. The molecular formula is C19H34N2O4. The fraction of sp³-hybridized carbons (Fsp3) is 0.895. The van der Waals surface area contributed by atoms with Crippen LogP contribution < -0.4 is 0 Å². The minimum atomic E-state index is -0.370.